The predicted molar refractivity (Wildman–Crippen MR) is 92.2 cm³/mol. The van der Waals surface area contributed by atoms with Crippen LogP contribution in [-0.4, -0.2) is 9.97 Å². The molecule has 0 aliphatic carbocycles. The maximum absolute atomic E-state index is 12.7. The number of anilines is 2. The molecule has 3 nitrogen and oxygen atoms in total. The third kappa shape index (κ3) is 4.41. The molecule has 25 heavy (non-hydrogen) atoms. The fourth-order valence-corrected chi connectivity index (χ4v) is 2.51. The van der Waals surface area contributed by atoms with Gasteiger partial charge in [0.05, 0.1) is 5.56 Å². The Morgan fingerprint density at radius 3 is 2.24 bits per heavy atom. The molecule has 1 heterocycles. The number of halogens is 5. The summed E-state index contributed by atoms with van der Waals surface area (Å²) in [6.45, 7) is 0. The van der Waals surface area contributed by atoms with Gasteiger partial charge in [-0.15, -0.1) is 0 Å². The van der Waals surface area contributed by atoms with Crippen molar-refractivity contribution in [3.8, 4) is 11.4 Å². The normalized spacial score (nSPS) is 11.4. The van der Waals surface area contributed by atoms with Crippen molar-refractivity contribution in [1.29, 1.82) is 0 Å². The molecule has 0 aliphatic heterocycles. The first-order valence-corrected chi connectivity index (χ1v) is 7.82. The van der Waals surface area contributed by atoms with Gasteiger partial charge < -0.3 is 5.32 Å². The Hall–Kier alpha value is -2.31. The molecule has 0 radical (unpaired) electrons. The molecule has 1 N–H and O–H groups in total. The van der Waals surface area contributed by atoms with Gasteiger partial charge in [-0.3, -0.25) is 0 Å². The summed E-state index contributed by atoms with van der Waals surface area (Å²) in [4.78, 5) is 8.35. The molecule has 0 atom stereocenters. The van der Waals surface area contributed by atoms with Crippen molar-refractivity contribution in [2.45, 2.75) is 6.18 Å². The van der Waals surface area contributed by atoms with Gasteiger partial charge in [0.25, 0.3) is 0 Å². The second-order valence-electron chi connectivity index (χ2n) is 5.11. The summed E-state index contributed by atoms with van der Waals surface area (Å²) in [5.41, 5.74) is 0.376. The van der Waals surface area contributed by atoms with E-state index < -0.39 is 11.7 Å². The summed E-state index contributed by atoms with van der Waals surface area (Å²) in [7, 11) is 0. The standard InChI is InChI=1S/C17H10Cl2F3N3/c18-12-2-1-3-13(8-12)23-15-9-14(19)24-16(25-15)10-4-6-11(7-5-10)17(20,21)22/h1-9H,(H,23,24,25). The lowest BCUT2D eigenvalue weighted by molar-refractivity contribution is -0.137. The Bertz CT molecular complexity index is 896. The van der Waals surface area contributed by atoms with Crippen LogP contribution in [0.5, 0.6) is 0 Å². The second kappa shape index (κ2) is 6.90. The van der Waals surface area contributed by atoms with E-state index in [4.69, 9.17) is 23.2 Å². The molecule has 0 amide bonds. The summed E-state index contributed by atoms with van der Waals surface area (Å²) in [6.07, 6.45) is -4.40. The maximum Gasteiger partial charge on any atom is 0.416 e. The highest BCUT2D eigenvalue weighted by Gasteiger charge is 2.30. The highest BCUT2D eigenvalue weighted by molar-refractivity contribution is 6.31. The number of aromatic nitrogens is 2. The lowest BCUT2D eigenvalue weighted by atomic mass is 10.1. The fraction of sp³-hybridized carbons (Fsp3) is 0.0588. The summed E-state index contributed by atoms with van der Waals surface area (Å²) in [5, 5.41) is 3.74. The fourth-order valence-electron chi connectivity index (χ4n) is 2.13. The van der Waals surface area contributed by atoms with Crippen LogP contribution in [0.1, 0.15) is 5.56 Å². The first-order valence-electron chi connectivity index (χ1n) is 7.06. The smallest absolute Gasteiger partial charge is 0.340 e. The molecule has 0 fully saturated rings. The quantitative estimate of drug-likeness (QED) is 0.546. The zero-order chi connectivity index (χ0) is 18.0. The number of rotatable bonds is 3. The van der Waals surface area contributed by atoms with Gasteiger partial charge in [-0.25, -0.2) is 9.97 Å². The number of nitrogens with one attached hydrogen (secondary N) is 1. The van der Waals surface area contributed by atoms with Crippen molar-refractivity contribution < 1.29 is 13.2 Å². The molecule has 2 aromatic carbocycles. The average molecular weight is 384 g/mol. The van der Waals surface area contributed by atoms with E-state index >= 15 is 0 Å². The van der Waals surface area contributed by atoms with Crippen LogP contribution in [0.15, 0.2) is 54.6 Å². The molecule has 128 valence electrons. The number of benzene rings is 2. The number of hydrogen-bond acceptors (Lipinski definition) is 3. The van der Waals surface area contributed by atoms with Crippen molar-refractivity contribution in [3.05, 3.63) is 70.3 Å². The molecule has 0 aliphatic rings. The average Bonchev–Trinajstić information content (AvgIpc) is 2.53. The zero-order valence-corrected chi connectivity index (χ0v) is 14.0. The van der Waals surface area contributed by atoms with Crippen molar-refractivity contribution in [2.24, 2.45) is 0 Å². The number of nitrogens with zero attached hydrogens (tertiary/aromatic N) is 2. The van der Waals surface area contributed by atoms with E-state index in [1.807, 2.05) is 0 Å². The van der Waals surface area contributed by atoms with Gasteiger partial charge >= 0.3 is 6.18 Å². The second-order valence-corrected chi connectivity index (χ2v) is 5.93. The molecule has 1 aromatic heterocycles. The Morgan fingerprint density at radius 1 is 0.880 bits per heavy atom. The van der Waals surface area contributed by atoms with Gasteiger partial charge in [-0.2, -0.15) is 13.2 Å². The maximum atomic E-state index is 12.7. The molecule has 0 saturated carbocycles. The summed E-state index contributed by atoms with van der Waals surface area (Å²) in [6, 6.07) is 13.1. The van der Waals surface area contributed by atoms with Gasteiger partial charge in [-0.05, 0) is 30.3 Å². The molecule has 0 unspecified atom stereocenters. The predicted octanol–water partition coefficient (Wildman–Crippen LogP) is 6.21. The molecule has 0 spiro atoms. The molecule has 0 saturated heterocycles. The van der Waals surface area contributed by atoms with Crippen molar-refractivity contribution >= 4 is 34.7 Å². The van der Waals surface area contributed by atoms with E-state index in [1.54, 1.807) is 24.3 Å². The number of alkyl halides is 3. The van der Waals surface area contributed by atoms with Crippen LogP contribution in [-0.2, 0) is 6.18 Å². The molecule has 8 heteroatoms. The van der Waals surface area contributed by atoms with Crippen LogP contribution < -0.4 is 5.32 Å². The summed E-state index contributed by atoms with van der Waals surface area (Å²) >= 11 is 11.9. The zero-order valence-electron chi connectivity index (χ0n) is 12.5. The molecule has 0 bridgehead atoms. The van der Waals surface area contributed by atoms with Gasteiger partial charge in [0.2, 0.25) is 0 Å². The molecular weight excluding hydrogens is 374 g/mol. The van der Waals surface area contributed by atoms with E-state index in [0.717, 1.165) is 12.1 Å². The van der Waals surface area contributed by atoms with Crippen LogP contribution >= 0.6 is 23.2 Å². The minimum Gasteiger partial charge on any atom is -0.340 e. The van der Waals surface area contributed by atoms with E-state index in [2.05, 4.69) is 15.3 Å². The van der Waals surface area contributed by atoms with E-state index in [-0.39, 0.29) is 11.0 Å². The van der Waals surface area contributed by atoms with Gasteiger partial charge in [0, 0.05) is 22.3 Å². The molecule has 3 rings (SSSR count). The summed E-state index contributed by atoms with van der Waals surface area (Å²) in [5.74, 6) is 0.614. The Morgan fingerprint density at radius 2 is 1.60 bits per heavy atom. The minimum atomic E-state index is -4.40. The number of hydrogen-bond donors (Lipinski definition) is 1. The summed E-state index contributed by atoms with van der Waals surface area (Å²) < 4.78 is 38.0. The van der Waals surface area contributed by atoms with E-state index in [9.17, 15) is 13.2 Å². The molecular formula is C17H10Cl2F3N3. The highest BCUT2D eigenvalue weighted by Crippen LogP contribution is 2.31. The van der Waals surface area contributed by atoms with Gasteiger partial charge in [-0.1, -0.05) is 41.4 Å². The lowest BCUT2D eigenvalue weighted by Crippen LogP contribution is -2.04. The molecule has 3 aromatic rings. The monoisotopic (exact) mass is 383 g/mol. The minimum absolute atomic E-state index is 0.162. The van der Waals surface area contributed by atoms with Crippen LogP contribution in [0.4, 0.5) is 24.7 Å². The van der Waals surface area contributed by atoms with E-state index in [1.165, 1.54) is 18.2 Å². The van der Waals surface area contributed by atoms with Crippen molar-refractivity contribution in [1.82, 2.24) is 9.97 Å². The van der Waals surface area contributed by atoms with Crippen LogP contribution in [0.25, 0.3) is 11.4 Å². The Balaban J connectivity index is 1.91. The SMILES string of the molecule is FC(F)(F)c1ccc(-c2nc(Cl)cc(Nc3cccc(Cl)c3)n2)cc1. The third-order valence-corrected chi connectivity index (χ3v) is 3.69. The van der Waals surface area contributed by atoms with Crippen LogP contribution in [0, 0.1) is 0 Å². The van der Waals surface area contributed by atoms with E-state index in [0.29, 0.717) is 22.1 Å². The van der Waals surface area contributed by atoms with Gasteiger partial charge in [0.1, 0.15) is 11.0 Å². The highest BCUT2D eigenvalue weighted by atomic mass is 35.5. The first-order chi connectivity index (χ1) is 11.8. The Kier molecular flexibility index (Phi) is 4.83. The first kappa shape index (κ1) is 17.5. The third-order valence-electron chi connectivity index (χ3n) is 3.26. The van der Waals surface area contributed by atoms with Crippen molar-refractivity contribution in [3.63, 3.8) is 0 Å². The topological polar surface area (TPSA) is 37.8 Å². The van der Waals surface area contributed by atoms with Gasteiger partial charge in [0.15, 0.2) is 5.82 Å². The lowest BCUT2D eigenvalue weighted by Gasteiger charge is -2.10. The van der Waals surface area contributed by atoms with Crippen LogP contribution in [0.2, 0.25) is 10.2 Å². The largest absolute Gasteiger partial charge is 0.416 e. The van der Waals surface area contributed by atoms with Crippen LogP contribution in [0.3, 0.4) is 0 Å². The van der Waals surface area contributed by atoms with Crippen molar-refractivity contribution in [2.75, 3.05) is 5.32 Å². The Labute approximate surface area is 151 Å².